The van der Waals surface area contributed by atoms with Gasteiger partial charge in [-0.25, -0.2) is 0 Å². The summed E-state index contributed by atoms with van der Waals surface area (Å²) in [4.78, 5) is 10.6. The molecule has 1 aromatic rings. The van der Waals surface area contributed by atoms with Crippen molar-refractivity contribution in [3.8, 4) is 5.75 Å². The van der Waals surface area contributed by atoms with Gasteiger partial charge in [0.15, 0.2) is 6.29 Å². The smallest absolute Gasteiger partial charge is 0.157 e. The Balaban J connectivity index is 1.62. The van der Waals surface area contributed by atoms with Crippen LogP contribution >= 0.6 is 0 Å². The largest absolute Gasteiger partial charge is 0.486 e. The van der Waals surface area contributed by atoms with Crippen molar-refractivity contribution in [1.82, 2.24) is 0 Å². The van der Waals surface area contributed by atoms with Crippen LogP contribution in [0, 0.1) is 17.8 Å². The molecule has 4 nitrogen and oxygen atoms in total. The molecule has 3 rings (SSSR count). The van der Waals surface area contributed by atoms with Crippen LogP contribution in [-0.4, -0.2) is 35.3 Å². The van der Waals surface area contributed by atoms with Gasteiger partial charge in [0, 0.05) is 0 Å². The molecule has 27 heavy (non-hydrogen) atoms. The van der Waals surface area contributed by atoms with E-state index in [4.69, 9.17) is 4.74 Å². The lowest BCUT2D eigenvalue weighted by Crippen LogP contribution is -2.28. The van der Waals surface area contributed by atoms with Crippen LogP contribution in [0.25, 0.3) is 0 Å². The Bertz CT molecular complexity index is 614. The molecule has 0 bridgehead atoms. The van der Waals surface area contributed by atoms with E-state index < -0.39 is 0 Å². The minimum absolute atomic E-state index is 0.0890. The predicted molar refractivity (Wildman–Crippen MR) is 106 cm³/mol. The third kappa shape index (κ3) is 4.91. The number of hydrogen-bond acceptors (Lipinski definition) is 4. The third-order valence-electron chi connectivity index (χ3n) is 6.63. The van der Waals surface area contributed by atoms with Gasteiger partial charge in [0.05, 0.1) is 12.2 Å². The minimum Gasteiger partial charge on any atom is -0.486 e. The Morgan fingerprint density at radius 2 is 2.11 bits per heavy atom. The fourth-order valence-corrected chi connectivity index (χ4v) is 5.22. The molecule has 0 heterocycles. The summed E-state index contributed by atoms with van der Waals surface area (Å²) in [5.74, 6) is 2.05. The zero-order valence-corrected chi connectivity index (χ0v) is 16.5. The number of rotatable bonds is 10. The van der Waals surface area contributed by atoms with E-state index in [-0.39, 0.29) is 24.7 Å². The van der Waals surface area contributed by atoms with Crippen molar-refractivity contribution in [3.63, 3.8) is 0 Å². The monoisotopic (exact) mass is 374 g/mol. The van der Waals surface area contributed by atoms with Crippen LogP contribution in [0.3, 0.4) is 0 Å². The zero-order valence-electron chi connectivity index (χ0n) is 16.5. The van der Waals surface area contributed by atoms with Crippen LogP contribution in [0.5, 0.6) is 5.75 Å². The van der Waals surface area contributed by atoms with Crippen molar-refractivity contribution < 1.29 is 19.7 Å². The lowest BCUT2D eigenvalue weighted by Gasteiger charge is -2.32. The third-order valence-corrected chi connectivity index (χ3v) is 6.63. The van der Waals surface area contributed by atoms with Crippen molar-refractivity contribution in [2.75, 3.05) is 6.61 Å². The predicted octanol–water partition coefficient (Wildman–Crippen LogP) is 3.70. The second kappa shape index (κ2) is 9.70. The Labute approximate surface area is 162 Å². The van der Waals surface area contributed by atoms with Gasteiger partial charge in [-0.15, -0.1) is 0 Å². The van der Waals surface area contributed by atoms with Crippen LogP contribution in [0.4, 0.5) is 0 Å². The molecule has 150 valence electrons. The number of unbranched alkanes of at least 4 members (excludes halogenated alkanes) is 2. The maximum atomic E-state index is 10.7. The highest BCUT2D eigenvalue weighted by molar-refractivity contribution is 5.52. The summed E-state index contributed by atoms with van der Waals surface area (Å²) < 4.78 is 5.62. The molecular weight excluding hydrogens is 340 g/mol. The number of carbonyl (C=O) groups excluding carboxylic acids is 1. The molecule has 0 saturated heterocycles. The number of benzene rings is 1. The SMILES string of the molecule is CCCCC[C@H](O)CC[C@@H]1[C@H]2Cc3cccc(OCC=O)c3C[C@H]2C[C@H]1O. The standard InChI is InChI=1S/C23H34O4/c1-2-3-4-7-18(25)9-10-19-20-13-16-6-5-8-23(27-12-11-24)21(16)14-17(20)15-22(19)26/h5-6,8,11,17-20,22,25-26H,2-4,7,9-10,12-15H2,1H3/t17-,18-,19+,20-,22+/m0/s1. The fraction of sp³-hybridized carbons (Fsp3) is 0.696. The first kappa shape index (κ1) is 20.3. The topological polar surface area (TPSA) is 66.8 Å². The molecular formula is C23H34O4. The minimum atomic E-state index is -0.267. The average molecular weight is 375 g/mol. The number of ether oxygens (including phenoxy) is 1. The number of carbonyl (C=O) groups is 1. The van der Waals surface area contributed by atoms with Crippen molar-refractivity contribution in [2.45, 2.75) is 76.9 Å². The molecule has 0 unspecified atom stereocenters. The van der Waals surface area contributed by atoms with E-state index >= 15 is 0 Å². The molecule has 0 amide bonds. The summed E-state index contributed by atoms with van der Waals surface area (Å²) >= 11 is 0. The lowest BCUT2D eigenvalue weighted by molar-refractivity contribution is -0.109. The molecule has 1 saturated carbocycles. The van der Waals surface area contributed by atoms with Gasteiger partial charge in [-0.2, -0.15) is 0 Å². The van der Waals surface area contributed by atoms with E-state index in [1.807, 2.05) is 12.1 Å². The number of aliphatic hydroxyl groups is 2. The zero-order chi connectivity index (χ0) is 19.2. The first-order valence-corrected chi connectivity index (χ1v) is 10.7. The number of fused-ring (bicyclic) bond motifs is 2. The van der Waals surface area contributed by atoms with Gasteiger partial charge in [-0.3, -0.25) is 4.79 Å². The van der Waals surface area contributed by atoms with Crippen LogP contribution in [0.1, 0.15) is 63.0 Å². The highest BCUT2D eigenvalue weighted by atomic mass is 16.5. The number of aldehydes is 1. The van der Waals surface area contributed by atoms with Crippen LogP contribution in [0.2, 0.25) is 0 Å². The Kier molecular flexibility index (Phi) is 7.31. The normalized spacial score (nSPS) is 27.7. The van der Waals surface area contributed by atoms with Gasteiger partial charge < -0.3 is 14.9 Å². The Morgan fingerprint density at radius 3 is 2.89 bits per heavy atom. The molecule has 2 aliphatic rings. The summed E-state index contributed by atoms with van der Waals surface area (Å²) in [7, 11) is 0. The van der Waals surface area contributed by atoms with Crippen LogP contribution in [0.15, 0.2) is 18.2 Å². The highest BCUT2D eigenvalue weighted by Crippen LogP contribution is 2.48. The van der Waals surface area contributed by atoms with Crippen molar-refractivity contribution in [1.29, 1.82) is 0 Å². The van der Waals surface area contributed by atoms with E-state index in [0.29, 0.717) is 11.8 Å². The van der Waals surface area contributed by atoms with Gasteiger partial charge in [-0.05, 0) is 73.5 Å². The molecule has 1 fully saturated rings. The number of hydrogen-bond donors (Lipinski definition) is 2. The van der Waals surface area contributed by atoms with E-state index in [2.05, 4.69) is 13.0 Å². The van der Waals surface area contributed by atoms with E-state index in [9.17, 15) is 15.0 Å². The van der Waals surface area contributed by atoms with Crippen LogP contribution in [-0.2, 0) is 17.6 Å². The molecule has 0 spiro atoms. The Morgan fingerprint density at radius 1 is 1.26 bits per heavy atom. The van der Waals surface area contributed by atoms with Crippen molar-refractivity contribution in [2.24, 2.45) is 17.8 Å². The molecule has 2 aliphatic carbocycles. The summed E-state index contributed by atoms with van der Waals surface area (Å²) in [6.45, 7) is 2.27. The van der Waals surface area contributed by atoms with Crippen molar-refractivity contribution >= 4 is 6.29 Å². The van der Waals surface area contributed by atoms with E-state index in [1.165, 1.54) is 24.0 Å². The van der Waals surface area contributed by atoms with Gasteiger partial charge in [0.2, 0.25) is 0 Å². The maximum absolute atomic E-state index is 10.7. The molecule has 0 aliphatic heterocycles. The van der Waals surface area contributed by atoms with Gasteiger partial charge in [0.25, 0.3) is 0 Å². The lowest BCUT2D eigenvalue weighted by atomic mass is 9.73. The number of aliphatic hydroxyl groups excluding tert-OH is 2. The fourth-order valence-electron chi connectivity index (χ4n) is 5.22. The molecule has 0 aromatic heterocycles. The molecule has 1 aromatic carbocycles. The molecule has 0 radical (unpaired) electrons. The van der Waals surface area contributed by atoms with Gasteiger partial charge in [0.1, 0.15) is 12.4 Å². The second-order valence-electron chi connectivity index (χ2n) is 8.40. The summed E-state index contributed by atoms with van der Waals surface area (Å²) in [5.41, 5.74) is 2.51. The molecule has 5 atom stereocenters. The van der Waals surface area contributed by atoms with Crippen LogP contribution < -0.4 is 4.74 Å². The summed E-state index contributed by atoms with van der Waals surface area (Å²) in [6, 6.07) is 6.09. The molecule has 4 heteroatoms. The average Bonchev–Trinajstić information content (AvgIpc) is 2.97. The second-order valence-corrected chi connectivity index (χ2v) is 8.40. The molecule has 2 N–H and O–H groups in total. The van der Waals surface area contributed by atoms with E-state index in [1.54, 1.807) is 0 Å². The van der Waals surface area contributed by atoms with Gasteiger partial charge >= 0.3 is 0 Å². The first-order valence-electron chi connectivity index (χ1n) is 10.7. The summed E-state index contributed by atoms with van der Waals surface area (Å²) in [5, 5.41) is 20.9. The highest BCUT2D eigenvalue weighted by Gasteiger charge is 2.44. The van der Waals surface area contributed by atoms with Gasteiger partial charge in [-0.1, -0.05) is 38.3 Å². The van der Waals surface area contributed by atoms with Crippen molar-refractivity contribution in [3.05, 3.63) is 29.3 Å². The maximum Gasteiger partial charge on any atom is 0.157 e. The quantitative estimate of drug-likeness (QED) is 0.484. The summed E-state index contributed by atoms with van der Waals surface area (Å²) in [6.07, 6.45) is 9.03. The van der Waals surface area contributed by atoms with E-state index in [0.717, 1.165) is 57.0 Å². The Hall–Kier alpha value is -1.39. The first-order chi connectivity index (χ1) is 13.1.